The van der Waals surface area contributed by atoms with Crippen LogP contribution in [0.1, 0.15) is 29.6 Å². The van der Waals surface area contributed by atoms with E-state index in [9.17, 15) is 4.79 Å². The maximum absolute atomic E-state index is 11.8. The van der Waals surface area contributed by atoms with E-state index in [1.807, 2.05) is 26.8 Å². The zero-order chi connectivity index (χ0) is 13.1. The van der Waals surface area contributed by atoms with E-state index >= 15 is 0 Å². The summed E-state index contributed by atoms with van der Waals surface area (Å²) in [6, 6.07) is 1.97. The fraction of sp³-hybridized carbons (Fsp3) is 0.417. The van der Waals surface area contributed by atoms with Crippen molar-refractivity contribution in [1.82, 2.24) is 14.3 Å². The zero-order valence-corrected chi connectivity index (χ0v) is 11.5. The van der Waals surface area contributed by atoms with Gasteiger partial charge >= 0.3 is 0 Å². The van der Waals surface area contributed by atoms with Crippen LogP contribution in [0.5, 0.6) is 0 Å². The number of pyridine rings is 1. The van der Waals surface area contributed by atoms with Gasteiger partial charge in [0.05, 0.1) is 0 Å². The van der Waals surface area contributed by atoms with E-state index in [0.717, 1.165) is 34.2 Å². The fourth-order valence-electron chi connectivity index (χ4n) is 1.73. The Labute approximate surface area is 109 Å². The normalized spacial score (nSPS) is 10.6. The van der Waals surface area contributed by atoms with E-state index in [0.29, 0.717) is 6.54 Å². The van der Waals surface area contributed by atoms with Gasteiger partial charge in [0.2, 0.25) is 5.13 Å². The molecule has 6 heteroatoms. The molecule has 0 aliphatic carbocycles. The number of anilines is 1. The number of nitrogens with one attached hydrogen (secondary N) is 2. The highest BCUT2D eigenvalue weighted by atomic mass is 32.1. The Morgan fingerprint density at radius 1 is 1.44 bits per heavy atom. The largest absolute Gasteiger partial charge is 0.356 e. The molecular weight excluding hydrogens is 248 g/mol. The molecule has 0 aromatic carbocycles. The Bertz CT molecular complexity index is 602. The third kappa shape index (κ3) is 2.76. The van der Waals surface area contributed by atoms with Gasteiger partial charge in [-0.15, -0.1) is 0 Å². The minimum Gasteiger partial charge on any atom is -0.356 e. The molecule has 0 saturated carbocycles. The lowest BCUT2D eigenvalue weighted by atomic mass is 10.1. The van der Waals surface area contributed by atoms with E-state index in [4.69, 9.17) is 0 Å². The first-order valence-electron chi connectivity index (χ1n) is 5.86. The molecule has 5 nitrogen and oxygen atoms in total. The molecule has 2 N–H and O–H groups in total. The Morgan fingerprint density at radius 3 is 2.83 bits per heavy atom. The van der Waals surface area contributed by atoms with Crippen molar-refractivity contribution in [3.8, 4) is 0 Å². The predicted octanol–water partition coefficient (Wildman–Crippen LogP) is 2.02. The van der Waals surface area contributed by atoms with Crippen molar-refractivity contribution in [3.05, 3.63) is 39.1 Å². The monoisotopic (exact) mass is 264 g/mol. The summed E-state index contributed by atoms with van der Waals surface area (Å²) in [7, 11) is 0. The molecule has 0 unspecified atom stereocenters. The molecule has 2 aromatic heterocycles. The first-order chi connectivity index (χ1) is 8.60. The van der Waals surface area contributed by atoms with E-state index in [1.165, 1.54) is 11.5 Å². The Morgan fingerprint density at radius 2 is 2.22 bits per heavy atom. The van der Waals surface area contributed by atoms with Crippen molar-refractivity contribution in [2.45, 2.75) is 33.7 Å². The van der Waals surface area contributed by atoms with E-state index < -0.39 is 0 Å². The van der Waals surface area contributed by atoms with Gasteiger partial charge in [0.15, 0.2) is 0 Å². The summed E-state index contributed by atoms with van der Waals surface area (Å²) in [5, 5.41) is 3.90. The van der Waals surface area contributed by atoms with Crippen LogP contribution in [-0.4, -0.2) is 14.3 Å². The molecule has 0 spiro atoms. The molecular formula is C12H16N4OS. The Hall–Kier alpha value is -1.69. The average molecular weight is 264 g/mol. The predicted molar refractivity (Wildman–Crippen MR) is 73.2 cm³/mol. The summed E-state index contributed by atoms with van der Waals surface area (Å²) >= 11 is 1.32. The third-order valence-electron chi connectivity index (χ3n) is 2.69. The maximum Gasteiger partial charge on any atom is 0.253 e. The lowest BCUT2D eigenvalue weighted by molar-refractivity contribution is 0.980. The molecule has 18 heavy (non-hydrogen) atoms. The van der Waals surface area contributed by atoms with Gasteiger partial charge in [0.1, 0.15) is 5.82 Å². The van der Waals surface area contributed by atoms with Crippen molar-refractivity contribution < 1.29 is 0 Å². The van der Waals surface area contributed by atoms with Crippen LogP contribution in [0.15, 0.2) is 10.9 Å². The van der Waals surface area contributed by atoms with Crippen LogP contribution in [0.4, 0.5) is 5.13 Å². The summed E-state index contributed by atoms with van der Waals surface area (Å²) in [6.45, 7) is 6.31. The number of nitrogens with zero attached hydrogens (tertiary/aromatic N) is 2. The molecule has 0 saturated heterocycles. The van der Waals surface area contributed by atoms with Crippen LogP contribution < -0.4 is 10.9 Å². The molecule has 0 amide bonds. The first-order valence-corrected chi connectivity index (χ1v) is 6.63. The SMILES string of the molecule is CCc1nsc(NCc2c(C)cc(C)[nH]c2=O)n1. The third-order valence-corrected chi connectivity index (χ3v) is 3.41. The molecule has 2 heterocycles. The molecule has 2 aromatic rings. The average Bonchev–Trinajstić information content (AvgIpc) is 2.75. The van der Waals surface area contributed by atoms with Gasteiger partial charge in [-0.3, -0.25) is 4.79 Å². The van der Waals surface area contributed by atoms with Crippen LogP contribution in [0.3, 0.4) is 0 Å². The van der Waals surface area contributed by atoms with Gasteiger partial charge < -0.3 is 10.3 Å². The van der Waals surface area contributed by atoms with Crippen LogP contribution in [0.25, 0.3) is 0 Å². The molecule has 0 bridgehead atoms. The fourth-order valence-corrected chi connectivity index (χ4v) is 2.38. The van der Waals surface area contributed by atoms with Crippen molar-refractivity contribution >= 4 is 16.7 Å². The number of H-pyrrole nitrogens is 1. The number of aromatic amines is 1. The van der Waals surface area contributed by atoms with Gasteiger partial charge in [0.25, 0.3) is 5.56 Å². The number of hydrogen-bond acceptors (Lipinski definition) is 5. The summed E-state index contributed by atoms with van der Waals surface area (Å²) in [6.07, 6.45) is 0.822. The number of rotatable bonds is 4. The summed E-state index contributed by atoms with van der Waals surface area (Å²) in [5.74, 6) is 0.831. The van der Waals surface area contributed by atoms with Crippen LogP contribution >= 0.6 is 11.5 Å². The van der Waals surface area contributed by atoms with E-state index in [-0.39, 0.29) is 5.56 Å². The topological polar surface area (TPSA) is 70.7 Å². The second kappa shape index (κ2) is 5.30. The minimum absolute atomic E-state index is 0.0415. The quantitative estimate of drug-likeness (QED) is 0.886. The zero-order valence-electron chi connectivity index (χ0n) is 10.7. The highest BCUT2D eigenvalue weighted by Gasteiger charge is 2.07. The van der Waals surface area contributed by atoms with Crippen molar-refractivity contribution in [2.24, 2.45) is 0 Å². The van der Waals surface area contributed by atoms with Gasteiger partial charge in [-0.05, 0) is 25.5 Å². The summed E-state index contributed by atoms with van der Waals surface area (Å²) < 4.78 is 4.19. The molecule has 2 rings (SSSR count). The van der Waals surface area contributed by atoms with Gasteiger partial charge in [0, 0.05) is 35.8 Å². The number of aryl methyl sites for hydroxylation is 3. The second-order valence-electron chi connectivity index (χ2n) is 4.17. The Balaban J connectivity index is 2.13. The van der Waals surface area contributed by atoms with Gasteiger partial charge in [-0.2, -0.15) is 4.37 Å². The van der Waals surface area contributed by atoms with Gasteiger partial charge in [-0.25, -0.2) is 4.98 Å². The first kappa shape index (κ1) is 12.8. The molecule has 96 valence electrons. The van der Waals surface area contributed by atoms with Crippen molar-refractivity contribution in [1.29, 1.82) is 0 Å². The van der Waals surface area contributed by atoms with Crippen LogP contribution in [0, 0.1) is 13.8 Å². The minimum atomic E-state index is -0.0415. The Kier molecular flexibility index (Phi) is 3.76. The molecule has 0 aliphatic rings. The maximum atomic E-state index is 11.8. The number of hydrogen-bond donors (Lipinski definition) is 2. The highest BCUT2D eigenvalue weighted by molar-refractivity contribution is 7.09. The van der Waals surface area contributed by atoms with Crippen molar-refractivity contribution in [2.75, 3.05) is 5.32 Å². The lowest BCUT2D eigenvalue weighted by Crippen LogP contribution is -2.18. The standard InChI is InChI=1S/C12H16N4OS/c1-4-10-15-12(18-16-10)13-6-9-7(2)5-8(3)14-11(9)17/h5H,4,6H2,1-3H3,(H,14,17)(H,13,15,16). The highest BCUT2D eigenvalue weighted by Crippen LogP contribution is 2.13. The van der Waals surface area contributed by atoms with E-state index in [2.05, 4.69) is 19.7 Å². The summed E-state index contributed by atoms with van der Waals surface area (Å²) in [5.41, 5.74) is 2.57. The lowest BCUT2D eigenvalue weighted by Gasteiger charge is -2.06. The number of aromatic nitrogens is 3. The summed E-state index contributed by atoms with van der Waals surface area (Å²) in [4.78, 5) is 18.9. The van der Waals surface area contributed by atoms with Gasteiger partial charge in [-0.1, -0.05) is 6.92 Å². The van der Waals surface area contributed by atoms with Crippen molar-refractivity contribution in [3.63, 3.8) is 0 Å². The smallest absolute Gasteiger partial charge is 0.253 e. The van der Waals surface area contributed by atoms with Crippen LogP contribution in [-0.2, 0) is 13.0 Å². The molecule has 0 fully saturated rings. The second-order valence-corrected chi connectivity index (χ2v) is 4.92. The molecule has 0 aliphatic heterocycles. The molecule has 0 atom stereocenters. The van der Waals surface area contributed by atoms with Crippen LogP contribution in [0.2, 0.25) is 0 Å². The van der Waals surface area contributed by atoms with E-state index in [1.54, 1.807) is 0 Å². The molecule has 0 radical (unpaired) electrons.